The monoisotopic (exact) mass is 345 g/mol. The second kappa shape index (κ2) is 6.55. The van der Waals surface area contributed by atoms with Crippen LogP contribution in [0.5, 0.6) is 0 Å². The normalized spacial score (nSPS) is 18.5. The van der Waals surface area contributed by atoms with Gasteiger partial charge in [-0.2, -0.15) is 0 Å². The van der Waals surface area contributed by atoms with Gasteiger partial charge in [0.2, 0.25) is 0 Å². The molecule has 1 aliphatic heterocycles. The van der Waals surface area contributed by atoms with Crippen molar-refractivity contribution in [2.45, 2.75) is 51.6 Å². The highest BCUT2D eigenvalue weighted by Gasteiger charge is 2.27. The Morgan fingerprint density at radius 2 is 1.77 bits per heavy atom. The van der Waals surface area contributed by atoms with Crippen LogP contribution in [0, 0.1) is 0 Å². The maximum atomic E-state index is 5.01. The Labute approximate surface area is 155 Å². The fourth-order valence-corrected chi connectivity index (χ4v) is 4.43. The first-order valence-electron chi connectivity index (χ1n) is 10.1. The molecular formula is C23H27N3. The lowest BCUT2D eigenvalue weighted by Crippen LogP contribution is -2.41. The first-order chi connectivity index (χ1) is 12.8. The second-order valence-corrected chi connectivity index (χ2v) is 7.80. The van der Waals surface area contributed by atoms with Crippen molar-refractivity contribution in [1.82, 2.24) is 14.5 Å². The molecule has 0 N–H and O–H groups in total. The molecule has 1 fully saturated rings. The predicted octanol–water partition coefficient (Wildman–Crippen LogP) is 4.68. The molecule has 0 bridgehead atoms. The topological polar surface area (TPSA) is 21.1 Å². The Bertz CT molecular complexity index is 919. The Balaban J connectivity index is 1.44. The Kier molecular flexibility index (Phi) is 4.05. The molecule has 5 rings (SSSR count). The molecule has 3 aromatic rings. The minimum Gasteiger partial charge on any atom is -0.327 e. The molecule has 2 aromatic carbocycles. The third-order valence-electron chi connectivity index (χ3n) is 6.35. The van der Waals surface area contributed by atoms with Gasteiger partial charge in [-0.25, -0.2) is 4.98 Å². The molecule has 0 radical (unpaired) electrons. The van der Waals surface area contributed by atoms with Gasteiger partial charge in [-0.15, -0.1) is 0 Å². The van der Waals surface area contributed by atoms with Crippen LogP contribution in [0.4, 0.5) is 0 Å². The fraction of sp³-hybridized carbons (Fsp3) is 0.435. The lowest BCUT2D eigenvalue weighted by Gasteiger charge is -2.36. The molecule has 26 heavy (non-hydrogen) atoms. The molecule has 134 valence electrons. The van der Waals surface area contributed by atoms with Gasteiger partial charge in [0.15, 0.2) is 0 Å². The van der Waals surface area contributed by atoms with E-state index >= 15 is 0 Å². The van der Waals surface area contributed by atoms with Crippen LogP contribution in [-0.4, -0.2) is 33.6 Å². The smallest absolute Gasteiger partial charge is 0.111 e. The molecule has 2 heterocycles. The summed E-state index contributed by atoms with van der Waals surface area (Å²) in [5.41, 5.74) is 6.38. The number of hydrogen-bond donors (Lipinski definition) is 0. The molecule has 2 aliphatic rings. The van der Waals surface area contributed by atoms with E-state index in [1.54, 1.807) is 0 Å². The summed E-state index contributed by atoms with van der Waals surface area (Å²) in [7, 11) is 0. The highest BCUT2D eigenvalue weighted by Crippen LogP contribution is 2.29. The molecule has 0 amide bonds. The van der Waals surface area contributed by atoms with E-state index in [-0.39, 0.29) is 0 Å². The van der Waals surface area contributed by atoms with Gasteiger partial charge in [0.1, 0.15) is 5.82 Å². The van der Waals surface area contributed by atoms with E-state index < -0.39 is 0 Å². The Morgan fingerprint density at radius 1 is 0.962 bits per heavy atom. The molecule has 0 atom stereocenters. The first-order valence-corrected chi connectivity index (χ1v) is 10.1. The van der Waals surface area contributed by atoms with Crippen LogP contribution >= 0.6 is 0 Å². The zero-order valence-electron chi connectivity index (χ0n) is 15.6. The molecule has 1 saturated carbocycles. The summed E-state index contributed by atoms with van der Waals surface area (Å²) in [4.78, 5) is 7.70. The van der Waals surface area contributed by atoms with Crippen molar-refractivity contribution in [2.75, 3.05) is 13.1 Å². The average molecular weight is 345 g/mol. The van der Waals surface area contributed by atoms with Gasteiger partial charge in [-0.1, -0.05) is 43.7 Å². The highest BCUT2D eigenvalue weighted by molar-refractivity contribution is 5.82. The lowest BCUT2D eigenvalue weighted by atomic mass is 9.91. The van der Waals surface area contributed by atoms with Gasteiger partial charge in [-0.3, -0.25) is 4.90 Å². The van der Waals surface area contributed by atoms with Gasteiger partial charge in [0.25, 0.3) is 0 Å². The van der Waals surface area contributed by atoms with E-state index in [9.17, 15) is 0 Å². The molecular weight excluding hydrogens is 318 g/mol. The number of fused-ring (bicyclic) bond motifs is 3. The van der Waals surface area contributed by atoms with Crippen molar-refractivity contribution in [3.05, 3.63) is 53.9 Å². The molecule has 1 aromatic heterocycles. The van der Waals surface area contributed by atoms with Crippen LogP contribution in [0.15, 0.2) is 42.5 Å². The van der Waals surface area contributed by atoms with Crippen LogP contribution < -0.4 is 0 Å². The van der Waals surface area contributed by atoms with Crippen LogP contribution in [-0.2, 0) is 19.4 Å². The number of hydrogen-bond acceptors (Lipinski definition) is 2. The second-order valence-electron chi connectivity index (χ2n) is 7.80. The Hall–Kier alpha value is -2.13. The minimum atomic E-state index is 0.837. The molecule has 1 aliphatic carbocycles. The summed E-state index contributed by atoms with van der Waals surface area (Å²) in [5, 5.41) is 0. The van der Waals surface area contributed by atoms with Crippen molar-refractivity contribution in [3.63, 3.8) is 0 Å². The van der Waals surface area contributed by atoms with Gasteiger partial charge < -0.3 is 4.57 Å². The van der Waals surface area contributed by atoms with Crippen LogP contribution in [0.2, 0.25) is 0 Å². The van der Waals surface area contributed by atoms with E-state index in [1.807, 2.05) is 0 Å². The van der Waals surface area contributed by atoms with Crippen molar-refractivity contribution in [1.29, 1.82) is 0 Å². The summed E-state index contributed by atoms with van der Waals surface area (Å²) in [6.45, 7) is 5.61. The summed E-state index contributed by atoms with van der Waals surface area (Å²) >= 11 is 0. The van der Waals surface area contributed by atoms with Crippen LogP contribution in [0.3, 0.4) is 0 Å². The van der Waals surface area contributed by atoms with Crippen molar-refractivity contribution < 1.29 is 0 Å². The van der Waals surface area contributed by atoms with E-state index in [2.05, 4.69) is 58.9 Å². The largest absolute Gasteiger partial charge is 0.327 e. The summed E-state index contributed by atoms with van der Waals surface area (Å²) < 4.78 is 2.46. The van der Waals surface area contributed by atoms with E-state index in [4.69, 9.17) is 4.98 Å². The quantitative estimate of drug-likeness (QED) is 0.687. The van der Waals surface area contributed by atoms with Crippen molar-refractivity contribution in [3.8, 4) is 11.1 Å². The van der Waals surface area contributed by atoms with Crippen molar-refractivity contribution >= 4 is 11.0 Å². The zero-order valence-corrected chi connectivity index (χ0v) is 15.6. The number of nitrogens with zero attached hydrogens (tertiary/aromatic N) is 3. The van der Waals surface area contributed by atoms with Crippen LogP contribution in [0.25, 0.3) is 22.2 Å². The van der Waals surface area contributed by atoms with E-state index in [0.29, 0.717) is 0 Å². The number of imidazole rings is 1. The first kappa shape index (κ1) is 16.1. The summed E-state index contributed by atoms with van der Waals surface area (Å²) in [6, 6.07) is 16.6. The molecule has 0 spiro atoms. The average Bonchev–Trinajstić information content (AvgIpc) is 2.86. The van der Waals surface area contributed by atoms with Crippen LogP contribution in [0.1, 0.15) is 37.6 Å². The predicted molar refractivity (Wildman–Crippen MR) is 107 cm³/mol. The maximum Gasteiger partial charge on any atom is 0.111 e. The standard InChI is InChI=1S/C23H27N3/c1-2-17-6-8-18(9-7-17)19-10-11-22-21(16-19)24-23-12-13-25(14-15-26(22)23)20-4-3-5-20/h6-11,16,20H,2-5,12-15H2,1H3. The number of benzene rings is 2. The zero-order chi connectivity index (χ0) is 17.5. The van der Waals surface area contributed by atoms with Crippen molar-refractivity contribution in [2.24, 2.45) is 0 Å². The minimum absolute atomic E-state index is 0.837. The third-order valence-corrected chi connectivity index (χ3v) is 6.35. The van der Waals surface area contributed by atoms with E-state index in [1.165, 1.54) is 60.4 Å². The highest BCUT2D eigenvalue weighted by atomic mass is 15.2. The summed E-state index contributed by atoms with van der Waals surface area (Å²) in [6.07, 6.45) is 6.36. The fourth-order valence-electron chi connectivity index (χ4n) is 4.43. The number of rotatable bonds is 3. The van der Waals surface area contributed by atoms with Gasteiger partial charge in [-0.05, 0) is 48.1 Å². The van der Waals surface area contributed by atoms with Gasteiger partial charge in [0.05, 0.1) is 11.0 Å². The maximum absolute atomic E-state index is 5.01. The molecule has 3 nitrogen and oxygen atoms in total. The number of aryl methyl sites for hydroxylation is 1. The Morgan fingerprint density at radius 3 is 2.50 bits per heavy atom. The molecule has 0 saturated heterocycles. The SMILES string of the molecule is CCc1ccc(-c2ccc3c(c2)nc2n3CCN(C3CCC3)CC2)cc1. The third kappa shape index (κ3) is 2.75. The van der Waals surface area contributed by atoms with Gasteiger partial charge >= 0.3 is 0 Å². The lowest BCUT2D eigenvalue weighted by molar-refractivity contribution is 0.130. The molecule has 3 heteroatoms. The van der Waals surface area contributed by atoms with Gasteiger partial charge in [0, 0.05) is 32.1 Å². The molecule has 0 unspecified atom stereocenters. The summed E-state index contributed by atoms with van der Waals surface area (Å²) in [5.74, 6) is 1.26. The number of aromatic nitrogens is 2. The van der Waals surface area contributed by atoms with E-state index in [0.717, 1.165) is 30.9 Å².